The minimum atomic E-state index is -0.195. The fraction of sp³-hybridized carbons (Fsp3) is 0.357. The van der Waals surface area contributed by atoms with Gasteiger partial charge in [-0.15, -0.1) is 0 Å². The third-order valence-corrected chi connectivity index (χ3v) is 3.06. The molecular formula is C14H16O. The number of rotatable bonds is 1. The van der Waals surface area contributed by atoms with Crippen LogP contribution in [-0.2, 0) is 4.79 Å². The van der Waals surface area contributed by atoms with E-state index in [4.69, 9.17) is 0 Å². The van der Waals surface area contributed by atoms with Gasteiger partial charge in [0.05, 0.1) is 0 Å². The van der Waals surface area contributed by atoms with Gasteiger partial charge in [0.25, 0.3) is 0 Å². The Labute approximate surface area is 90.8 Å². The van der Waals surface area contributed by atoms with E-state index in [2.05, 4.69) is 6.08 Å². The lowest BCUT2D eigenvalue weighted by atomic mass is 9.74. The van der Waals surface area contributed by atoms with Crippen molar-refractivity contribution in [2.24, 2.45) is 5.41 Å². The van der Waals surface area contributed by atoms with E-state index in [0.29, 0.717) is 0 Å². The van der Waals surface area contributed by atoms with Crippen LogP contribution in [-0.4, -0.2) is 5.78 Å². The third-order valence-electron chi connectivity index (χ3n) is 3.06. The molecule has 78 valence electrons. The second-order valence-electron chi connectivity index (χ2n) is 4.74. The van der Waals surface area contributed by atoms with E-state index in [1.54, 1.807) is 0 Å². The first-order valence-corrected chi connectivity index (χ1v) is 5.42. The maximum absolute atomic E-state index is 12.2. The highest BCUT2D eigenvalue weighted by Gasteiger charge is 2.32. The number of hydrogen-bond donors (Lipinski definition) is 0. The Balaban J connectivity index is 2.39. The average molecular weight is 200 g/mol. The van der Waals surface area contributed by atoms with E-state index in [9.17, 15) is 4.79 Å². The number of Topliss-reactive ketones (excluding diaryl/α,β-unsaturated/α-hetero) is 1. The maximum atomic E-state index is 12.2. The number of carbonyl (C=O) groups is 1. The summed E-state index contributed by atoms with van der Waals surface area (Å²) >= 11 is 0. The Kier molecular flexibility index (Phi) is 2.47. The standard InChI is InChI=1S/C14H16O/c1-14(2)10-6-9-12(13(14)15)11-7-4-3-5-8-11/h3-5,7-9H,6,10H2,1-2H3. The third kappa shape index (κ3) is 1.87. The zero-order valence-electron chi connectivity index (χ0n) is 9.29. The van der Waals surface area contributed by atoms with Crippen molar-refractivity contribution >= 4 is 11.4 Å². The molecule has 15 heavy (non-hydrogen) atoms. The molecule has 0 amide bonds. The van der Waals surface area contributed by atoms with Crippen molar-refractivity contribution in [3.8, 4) is 0 Å². The van der Waals surface area contributed by atoms with E-state index < -0.39 is 0 Å². The number of ketones is 1. The molecule has 2 rings (SSSR count). The molecule has 1 aromatic carbocycles. The van der Waals surface area contributed by atoms with Gasteiger partial charge in [-0.05, 0) is 18.4 Å². The lowest BCUT2D eigenvalue weighted by molar-refractivity contribution is -0.121. The highest BCUT2D eigenvalue weighted by Crippen LogP contribution is 2.35. The SMILES string of the molecule is CC1(C)CCC=C(c2ccccc2)C1=O. The van der Waals surface area contributed by atoms with Gasteiger partial charge in [-0.25, -0.2) is 0 Å². The predicted octanol–water partition coefficient (Wildman–Crippen LogP) is 3.46. The van der Waals surface area contributed by atoms with Crippen LogP contribution in [0.5, 0.6) is 0 Å². The summed E-state index contributed by atoms with van der Waals surface area (Å²) in [7, 11) is 0. The predicted molar refractivity (Wildman–Crippen MR) is 62.4 cm³/mol. The van der Waals surface area contributed by atoms with Gasteiger partial charge in [-0.3, -0.25) is 4.79 Å². The summed E-state index contributed by atoms with van der Waals surface area (Å²) in [5, 5.41) is 0. The van der Waals surface area contributed by atoms with Crippen LogP contribution in [0.1, 0.15) is 32.3 Å². The molecule has 0 fully saturated rings. The number of carbonyl (C=O) groups excluding carboxylic acids is 1. The number of benzene rings is 1. The van der Waals surface area contributed by atoms with Crippen LogP contribution in [0.3, 0.4) is 0 Å². The summed E-state index contributed by atoms with van der Waals surface area (Å²) < 4.78 is 0. The van der Waals surface area contributed by atoms with Gasteiger partial charge in [-0.1, -0.05) is 50.3 Å². The molecule has 1 aromatic rings. The summed E-state index contributed by atoms with van der Waals surface area (Å²) in [6.07, 6.45) is 4.04. The number of hydrogen-bond acceptors (Lipinski definition) is 1. The topological polar surface area (TPSA) is 17.1 Å². The van der Waals surface area contributed by atoms with Crippen LogP contribution in [0.25, 0.3) is 5.57 Å². The second-order valence-corrected chi connectivity index (χ2v) is 4.74. The summed E-state index contributed by atoms with van der Waals surface area (Å²) in [6.45, 7) is 4.07. The molecule has 1 aliphatic rings. The van der Waals surface area contributed by atoms with Gasteiger partial charge < -0.3 is 0 Å². The van der Waals surface area contributed by atoms with E-state index in [1.165, 1.54) is 0 Å². The molecule has 0 saturated heterocycles. The normalized spacial score (nSPS) is 19.9. The molecule has 1 nitrogen and oxygen atoms in total. The van der Waals surface area contributed by atoms with Gasteiger partial charge in [0.2, 0.25) is 0 Å². The molecule has 0 spiro atoms. The molecule has 0 atom stereocenters. The first kappa shape index (κ1) is 10.2. The van der Waals surface area contributed by atoms with E-state index in [1.807, 2.05) is 44.2 Å². The maximum Gasteiger partial charge on any atom is 0.168 e. The monoisotopic (exact) mass is 200 g/mol. The van der Waals surface area contributed by atoms with Crippen molar-refractivity contribution in [3.05, 3.63) is 42.0 Å². The molecule has 0 heterocycles. The summed E-state index contributed by atoms with van der Waals surface area (Å²) in [4.78, 5) is 12.2. The average Bonchev–Trinajstić information content (AvgIpc) is 2.23. The van der Waals surface area contributed by atoms with Crippen LogP contribution in [0.4, 0.5) is 0 Å². The fourth-order valence-corrected chi connectivity index (χ4v) is 2.01. The Hall–Kier alpha value is -1.37. The highest BCUT2D eigenvalue weighted by atomic mass is 16.1. The van der Waals surface area contributed by atoms with Crippen LogP contribution < -0.4 is 0 Å². The molecule has 0 aromatic heterocycles. The first-order valence-electron chi connectivity index (χ1n) is 5.42. The second kappa shape index (κ2) is 3.65. The van der Waals surface area contributed by atoms with Gasteiger partial charge >= 0.3 is 0 Å². The van der Waals surface area contributed by atoms with Gasteiger partial charge in [-0.2, -0.15) is 0 Å². The molecule has 0 unspecified atom stereocenters. The quantitative estimate of drug-likeness (QED) is 0.678. The van der Waals surface area contributed by atoms with Crippen molar-refractivity contribution in [1.82, 2.24) is 0 Å². The van der Waals surface area contributed by atoms with Crippen LogP contribution in [0.2, 0.25) is 0 Å². The molecular weight excluding hydrogens is 184 g/mol. The van der Waals surface area contributed by atoms with Crippen molar-refractivity contribution in [2.45, 2.75) is 26.7 Å². The Morgan fingerprint density at radius 2 is 1.80 bits per heavy atom. The molecule has 0 saturated carbocycles. The van der Waals surface area contributed by atoms with Gasteiger partial charge in [0.15, 0.2) is 5.78 Å². The molecule has 0 aliphatic heterocycles. The highest BCUT2D eigenvalue weighted by molar-refractivity contribution is 6.23. The Morgan fingerprint density at radius 3 is 2.47 bits per heavy atom. The zero-order valence-corrected chi connectivity index (χ0v) is 9.29. The molecule has 0 N–H and O–H groups in total. The largest absolute Gasteiger partial charge is 0.294 e. The van der Waals surface area contributed by atoms with E-state index in [0.717, 1.165) is 24.0 Å². The lowest BCUT2D eigenvalue weighted by Gasteiger charge is -2.28. The molecule has 0 bridgehead atoms. The van der Waals surface area contributed by atoms with Crippen molar-refractivity contribution < 1.29 is 4.79 Å². The van der Waals surface area contributed by atoms with Gasteiger partial charge in [0.1, 0.15) is 0 Å². The van der Waals surface area contributed by atoms with E-state index in [-0.39, 0.29) is 11.2 Å². The van der Waals surface area contributed by atoms with Gasteiger partial charge in [0, 0.05) is 11.0 Å². The Bertz CT molecular complexity index is 399. The van der Waals surface area contributed by atoms with Crippen molar-refractivity contribution in [3.63, 3.8) is 0 Å². The first-order chi connectivity index (χ1) is 7.11. The minimum absolute atomic E-state index is 0.195. The summed E-state index contributed by atoms with van der Waals surface area (Å²) in [5.74, 6) is 0.278. The summed E-state index contributed by atoms with van der Waals surface area (Å²) in [5.41, 5.74) is 1.75. The lowest BCUT2D eigenvalue weighted by Crippen LogP contribution is -2.27. The van der Waals surface area contributed by atoms with Crippen molar-refractivity contribution in [2.75, 3.05) is 0 Å². The Morgan fingerprint density at radius 1 is 1.13 bits per heavy atom. The molecule has 1 heteroatoms. The number of allylic oxidation sites excluding steroid dienone is 2. The summed E-state index contributed by atoms with van der Waals surface area (Å²) in [6, 6.07) is 9.94. The van der Waals surface area contributed by atoms with Crippen LogP contribution >= 0.6 is 0 Å². The minimum Gasteiger partial charge on any atom is -0.294 e. The van der Waals surface area contributed by atoms with Crippen molar-refractivity contribution in [1.29, 1.82) is 0 Å². The van der Waals surface area contributed by atoms with E-state index >= 15 is 0 Å². The zero-order chi connectivity index (χ0) is 10.9. The van der Waals surface area contributed by atoms with Crippen LogP contribution in [0, 0.1) is 5.41 Å². The molecule has 1 aliphatic carbocycles. The van der Waals surface area contributed by atoms with Crippen LogP contribution in [0.15, 0.2) is 36.4 Å². The smallest absolute Gasteiger partial charge is 0.168 e. The fourth-order valence-electron chi connectivity index (χ4n) is 2.01. The molecule has 0 radical (unpaired) electrons.